The third-order valence-electron chi connectivity index (χ3n) is 14.5. The Morgan fingerprint density at radius 2 is 1.34 bits per heavy atom. The molecule has 2 saturated heterocycles. The van der Waals surface area contributed by atoms with Crippen molar-refractivity contribution in [3.63, 3.8) is 0 Å². The minimum atomic E-state index is -3.21. The summed E-state index contributed by atoms with van der Waals surface area (Å²) >= 11 is 0. The number of imidazole rings is 1. The highest BCUT2D eigenvalue weighted by molar-refractivity contribution is 7.91. The molecule has 2 aliphatic heterocycles. The second kappa shape index (κ2) is 17.9. The van der Waals surface area contributed by atoms with E-state index < -0.39 is 15.7 Å². The number of pyridine rings is 1. The minimum Gasteiger partial charge on any atom is -0.382 e. The molecular formula is C53H47N17O5S. The molecule has 0 radical (unpaired) electrons. The lowest BCUT2D eigenvalue weighted by Gasteiger charge is -2.24. The molecule has 0 unspecified atom stereocenters. The van der Waals surface area contributed by atoms with Gasteiger partial charge in [0.2, 0.25) is 5.91 Å². The van der Waals surface area contributed by atoms with Crippen molar-refractivity contribution in [2.75, 3.05) is 41.5 Å². The summed E-state index contributed by atoms with van der Waals surface area (Å²) in [5.41, 5.74) is 30.8. The summed E-state index contributed by atoms with van der Waals surface area (Å²) in [6.45, 7) is 2.52. The van der Waals surface area contributed by atoms with Crippen molar-refractivity contribution in [3.05, 3.63) is 122 Å². The van der Waals surface area contributed by atoms with E-state index in [1.165, 1.54) is 19.6 Å². The molecule has 10 heterocycles. The fourth-order valence-electron chi connectivity index (χ4n) is 10.8. The topological polar surface area (TPSA) is 294 Å². The van der Waals surface area contributed by atoms with Crippen LogP contribution in [0.4, 0.5) is 17.5 Å². The Morgan fingerprint density at radius 1 is 0.684 bits per heavy atom. The van der Waals surface area contributed by atoms with E-state index in [1.807, 2.05) is 86.7 Å². The number of benzene rings is 3. The third kappa shape index (κ3) is 7.85. The summed E-state index contributed by atoms with van der Waals surface area (Å²) in [6.07, 6.45) is 8.35. The zero-order chi connectivity index (χ0) is 52.0. The van der Waals surface area contributed by atoms with E-state index in [0.29, 0.717) is 89.6 Å². The summed E-state index contributed by atoms with van der Waals surface area (Å²) in [5.74, 6) is 0.233. The number of nitrogens with zero attached hydrogens (tertiary/aromatic N) is 13. The maximum atomic E-state index is 12.8. The SMILES string of the molecule is CC(=O)Nc1ccc(-c2cc(-c3ccc4c(-c5cc(-c6cc(-c7ccc8ncn(-c9ccccc9C(N)=O)c8c7)n7ncnc(N)c67)n(C6CCOCC6)n5)nn(C5CCS(=O)(=O)CC5)c4c3)n3ncnc(N)c23)cn1. The van der Waals surface area contributed by atoms with Crippen molar-refractivity contribution in [1.29, 1.82) is 0 Å². The average molecular weight is 1030 g/mol. The minimum absolute atomic E-state index is 0.0394. The molecule has 0 aliphatic carbocycles. The monoisotopic (exact) mass is 1030 g/mol. The van der Waals surface area contributed by atoms with Gasteiger partial charge >= 0.3 is 0 Å². The largest absolute Gasteiger partial charge is 0.382 e. The molecule has 23 heteroatoms. The van der Waals surface area contributed by atoms with Crippen LogP contribution in [0.25, 0.3) is 94.9 Å². The first-order valence-electron chi connectivity index (χ1n) is 24.6. The highest BCUT2D eigenvalue weighted by Gasteiger charge is 2.31. The van der Waals surface area contributed by atoms with Gasteiger partial charge in [-0.15, -0.1) is 0 Å². The standard InChI is InChI=1S/C53H47N17O5S/c1-29(71)63-47-11-8-32(25-57-47)37-22-42(69-49(37)51(54)58-26-61-69)30-6-9-35-44(20-30)68(34-14-18-76(73,74)19-15-34)65-48(35)40-24-45(67(64-40)33-12-16-75-17-13-33)38-23-43(70-50(38)52(55)59-27-62-70)31-7-10-39-46(21-31)66(28-60-39)41-5-3-2-4-36(41)53(56)72/h2-11,20-28,33-34H,12-19H2,1H3,(H2,56,72)(H2,54,58,61)(H2,55,59,62)(H,57,63,71). The van der Waals surface area contributed by atoms with Crippen molar-refractivity contribution in [3.8, 4) is 62.0 Å². The Morgan fingerprint density at radius 3 is 2.04 bits per heavy atom. The van der Waals surface area contributed by atoms with Crippen LogP contribution in [0.3, 0.4) is 0 Å². The molecule has 11 aromatic rings. The number of sulfone groups is 1. The Bertz CT molecular complexity index is 4270. The Hall–Kier alpha value is -9.35. The van der Waals surface area contributed by atoms with Crippen molar-refractivity contribution < 1.29 is 22.7 Å². The highest BCUT2D eigenvalue weighted by atomic mass is 32.2. The van der Waals surface area contributed by atoms with Crippen LogP contribution in [0, 0.1) is 0 Å². The number of hydrogen-bond acceptors (Lipinski definition) is 15. The van der Waals surface area contributed by atoms with Crippen LogP contribution < -0.4 is 22.5 Å². The molecule has 13 rings (SSSR count). The van der Waals surface area contributed by atoms with Gasteiger partial charge in [-0.2, -0.15) is 20.4 Å². The summed E-state index contributed by atoms with van der Waals surface area (Å²) in [5, 5.41) is 23.7. The third-order valence-corrected chi connectivity index (χ3v) is 16.2. The fraction of sp³-hybridized carbons (Fsp3) is 0.208. The van der Waals surface area contributed by atoms with Crippen LogP contribution in [0.1, 0.15) is 55.0 Å². The number of nitrogens with two attached hydrogens (primary N) is 3. The molecular weight excluding hydrogens is 987 g/mol. The maximum absolute atomic E-state index is 12.8. The second-order valence-electron chi connectivity index (χ2n) is 19.1. The van der Waals surface area contributed by atoms with E-state index in [2.05, 4.69) is 30.4 Å². The fourth-order valence-corrected chi connectivity index (χ4v) is 12.3. The number of nitrogen functional groups attached to an aromatic ring is 2. The average Bonchev–Trinajstić information content (AvgIpc) is 4.37. The molecule has 22 nitrogen and oxygen atoms in total. The van der Waals surface area contributed by atoms with Crippen LogP contribution in [0.2, 0.25) is 0 Å². The molecule has 380 valence electrons. The normalized spacial score (nSPS) is 15.3. The first-order valence-corrected chi connectivity index (χ1v) is 26.5. The number of hydrogen-bond donors (Lipinski definition) is 4. The van der Waals surface area contributed by atoms with Gasteiger partial charge in [0.1, 0.15) is 57.1 Å². The molecule has 0 spiro atoms. The number of fused-ring (bicyclic) bond motifs is 4. The molecule has 0 saturated carbocycles. The lowest BCUT2D eigenvalue weighted by Crippen LogP contribution is -2.26. The summed E-state index contributed by atoms with van der Waals surface area (Å²) < 4.78 is 40.9. The van der Waals surface area contributed by atoms with Gasteiger partial charge in [0.15, 0.2) is 11.6 Å². The molecule has 2 amide bonds. The van der Waals surface area contributed by atoms with E-state index in [1.54, 1.807) is 39.8 Å². The number of nitrogens with one attached hydrogen (secondary N) is 1. The number of primary amides is 1. The molecule has 3 aromatic carbocycles. The van der Waals surface area contributed by atoms with E-state index in [-0.39, 0.29) is 41.1 Å². The van der Waals surface area contributed by atoms with E-state index in [4.69, 9.17) is 37.2 Å². The van der Waals surface area contributed by atoms with Crippen molar-refractivity contribution >= 4 is 72.1 Å². The van der Waals surface area contributed by atoms with Crippen molar-refractivity contribution in [2.24, 2.45) is 5.73 Å². The van der Waals surface area contributed by atoms with Gasteiger partial charge in [-0.1, -0.05) is 24.3 Å². The van der Waals surface area contributed by atoms with Gasteiger partial charge in [-0.25, -0.2) is 37.4 Å². The summed E-state index contributed by atoms with van der Waals surface area (Å²) in [4.78, 5) is 42.2. The number of amides is 2. The van der Waals surface area contributed by atoms with E-state index in [0.717, 1.165) is 55.6 Å². The molecule has 0 bridgehead atoms. The van der Waals surface area contributed by atoms with Crippen LogP contribution in [0.5, 0.6) is 0 Å². The van der Waals surface area contributed by atoms with Gasteiger partial charge < -0.3 is 27.3 Å². The van der Waals surface area contributed by atoms with Crippen molar-refractivity contribution in [2.45, 2.75) is 44.7 Å². The van der Waals surface area contributed by atoms with Crippen LogP contribution >= 0.6 is 0 Å². The van der Waals surface area contributed by atoms with E-state index >= 15 is 0 Å². The number of aromatic nitrogens is 13. The Kier molecular flexibility index (Phi) is 11.0. The number of para-hydroxylation sites is 1. The van der Waals surface area contributed by atoms with Gasteiger partial charge in [0.25, 0.3) is 5.91 Å². The van der Waals surface area contributed by atoms with Crippen molar-refractivity contribution in [1.82, 2.24) is 63.3 Å². The maximum Gasteiger partial charge on any atom is 0.250 e. The zero-order valence-electron chi connectivity index (χ0n) is 40.8. The number of rotatable bonds is 10. The Balaban J connectivity index is 0.971. The number of carbonyl (C=O) groups is 2. The molecule has 76 heavy (non-hydrogen) atoms. The van der Waals surface area contributed by atoms with Gasteiger partial charge in [-0.05, 0) is 92.4 Å². The predicted molar refractivity (Wildman–Crippen MR) is 286 cm³/mol. The molecule has 0 atom stereocenters. The quantitative estimate of drug-likeness (QED) is 0.111. The molecule has 8 aromatic heterocycles. The van der Waals surface area contributed by atoms with E-state index in [9.17, 15) is 18.0 Å². The lowest BCUT2D eigenvalue weighted by molar-refractivity contribution is -0.114. The smallest absolute Gasteiger partial charge is 0.250 e. The summed E-state index contributed by atoms with van der Waals surface area (Å²) in [6, 6.07) is 28.4. The highest BCUT2D eigenvalue weighted by Crippen LogP contribution is 2.43. The number of anilines is 3. The second-order valence-corrected chi connectivity index (χ2v) is 21.4. The number of ether oxygens (including phenoxy) is 1. The first-order chi connectivity index (χ1) is 36.9. The van der Waals surface area contributed by atoms with Crippen LogP contribution in [0.15, 0.2) is 116 Å². The zero-order valence-corrected chi connectivity index (χ0v) is 41.6. The van der Waals surface area contributed by atoms with Gasteiger partial charge in [0.05, 0.1) is 68.5 Å². The van der Waals surface area contributed by atoms with Gasteiger partial charge in [-0.3, -0.25) is 23.5 Å². The molecule has 7 N–H and O–H groups in total. The summed E-state index contributed by atoms with van der Waals surface area (Å²) in [7, 11) is -3.21. The molecule has 2 fully saturated rings. The lowest BCUT2D eigenvalue weighted by atomic mass is 10.0. The van der Waals surface area contributed by atoms with Crippen LogP contribution in [-0.4, -0.2) is 108 Å². The first kappa shape index (κ1) is 46.4. The molecule has 2 aliphatic rings. The predicted octanol–water partition coefficient (Wildman–Crippen LogP) is 6.71. The van der Waals surface area contributed by atoms with Crippen LogP contribution in [-0.2, 0) is 19.4 Å². The van der Waals surface area contributed by atoms with Gasteiger partial charge in [0, 0.05) is 59.5 Å². The Labute approximate surface area is 432 Å². The number of carbonyl (C=O) groups excluding carboxylic acids is 2.